The molecule has 0 spiro atoms. The standard InChI is InChI=1S/C17H22BrF3N2O2.2ClH/c18-13-1-2-15(25-17(19,20)21)14(11-13)16(12-3-9-24-10-4-12)23-7-5-22-6-8-23;;/h1-2,11-12,16,22H,3-10H2;2*1H/t16-;;/m1../s1. The highest BCUT2D eigenvalue weighted by atomic mass is 79.9. The zero-order valence-corrected chi connectivity index (χ0v) is 17.9. The van der Waals surface area contributed by atoms with Gasteiger partial charge in [-0.05, 0) is 37.0 Å². The molecular formula is C17H24BrCl2F3N2O2. The lowest BCUT2D eigenvalue weighted by atomic mass is 9.85. The Balaban J connectivity index is 0.00000182. The minimum Gasteiger partial charge on any atom is -0.405 e. The van der Waals surface area contributed by atoms with Gasteiger partial charge >= 0.3 is 6.36 Å². The van der Waals surface area contributed by atoms with Crippen molar-refractivity contribution >= 4 is 40.7 Å². The van der Waals surface area contributed by atoms with E-state index >= 15 is 0 Å². The lowest BCUT2D eigenvalue weighted by Gasteiger charge is -2.41. The zero-order valence-electron chi connectivity index (χ0n) is 14.6. The number of rotatable bonds is 4. The predicted molar refractivity (Wildman–Crippen MR) is 106 cm³/mol. The van der Waals surface area contributed by atoms with E-state index in [0.717, 1.165) is 43.5 Å². The third kappa shape index (κ3) is 6.94. The Hall–Kier alpha value is -0.250. The molecule has 0 amide bonds. The van der Waals surface area contributed by atoms with Gasteiger partial charge in [-0.25, -0.2) is 0 Å². The molecular weight excluding hydrogens is 472 g/mol. The molecule has 156 valence electrons. The summed E-state index contributed by atoms with van der Waals surface area (Å²) in [5, 5.41) is 3.30. The summed E-state index contributed by atoms with van der Waals surface area (Å²) in [6.07, 6.45) is -3.02. The van der Waals surface area contributed by atoms with Gasteiger partial charge < -0.3 is 14.8 Å². The van der Waals surface area contributed by atoms with Gasteiger partial charge in [0, 0.05) is 55.5 Å². The van der Waals surface area contributed by atoms with Gasteiger partial charge in [0.15, 0.2) is 0 Å². The maximum Gasteiger partial charge on any atom is 0.573 e. The Morgan fingerprint density at radius 1 is 1.15 bits per heavy atom. The van der Waals surface area contributed by atoms with Crippen LogP contribution in [0.4, 0.5) is 13.2 Å². The van der Waals surface area contributed by atoms with Crippen LogP contribution < -0.4 is 10.1 Å². The average Bonchev–Trinajstić information content (AvgIpc) is 2.58. The molecule has 1 aromatic carbocycles. The first-order chi connectivity index (χ1) is 11.9. The zero-order chi connectivity index (χ0) is 17.9. The van der Waals surface area contributed by atoms with E-state index in [1.165, 1.54) is 6.07 Å². The number of halogens is 6. The first-order valence-electron chi connectivity index (χ1n) is 8.52. The second kappa shape index (κ2) is 11.1. The molecule has 0 bridgehead atoms. The number of nitrogens with one attached hydrogen (secondary N) is 1. The number of hydrogen-bond acceptors (Lipinski definition) is 4. The van der Waals surface area contributed by atoms with Crippen LogP contribution in [0.5, 0.6) is 5.75 Å². The van der Waals surface area contributed by atoms with Crippen molar-refractivity contribution in [3.63, 3.8) is 0 Å². The minimum atomic E-state index is -4.70. The fraction of sp³-hybridized carbons (Fsp3) is 0.647. The summed E-state index contributed by atoms with van der Waals surface area (Å²) in [6.45, 7) is 4.58. The third-order valence-corrected chi connectivity index (χ3v) is 5.27. The molecule has 0 saturated carbocycles. The van der Waals surface area contributed by atoms with E-state index < -0.39 is 6.36 Å². The fourth-order valence-corrected chi connectivity index (χ4v) is 4.09. The molecule has 27 heavy (non-hydrogen) atoms. The highest BCUT2D eigenvalue weighted by Gasteiger charge is 2.37. The predicted octanol–water partition coefficient (Wildman–Crippen LogP) is 4.56. The van der Waals surface area contributed by atoms with Crippen molar-refractivity contribution < 1.29 is 22.6 Å². The first-order valence-corrected chi connectivity index (χ1v) is 9.31. The Morgan fingerprint density at radius 3 is 2.37 bits per heavy atom. The normalized spacial score (nSPS) is 20.3. The lowest BCUT2D eigenvalue weighted by molar-refractivity contribution is -0.275. The van der Waals surface area contributed by atoms with Gasteiger partial charge in [0.2, 0.25) is 0 Å². The van der Waals surface area contributed by atoms with Crippen LogP contribution in [0, 0.1) is 5.92 Å². The van der Waals surface area contributed by atoms with Gasteiger partial charge in [-0.15, -0.1) is 38.0 Å². The summed E-state index contributed by atoms with van der Waals surface area (Å²) < 4.78 is 49.2. The summed E-state index contributed by atoms with van der Waals surface area (Å²) in [4.78, 5) is 2.28. The lowest BCUT2D eigenvalue weighted by Crippen LogP contribution is -2.47. The Labute approximate surface area is 178 Å². The van der Waals surface area contributed by atoms with Gasteiger partial charge in [0.05, 0.1) is 0 Å². The third-order valence-electron chi connectivity index (χ3n) is 4.77. The fourth-order valence-electron chi connectivity index (χ4n) is 3.71. The van der Waals surface area contributed by atoms with Gasteiger partial charge in [-0.2, -0.15) is 0 Å². The van der Waals surface area contributed by atoms with Crippen LogP contribution in [0.15, 0.2) is 22.7 Å². The Morgan fingerprint density at radius 2 is 1.78 bits per heavy atom. The second-order valence-electron chi connectivity index (χ2n) is 6.41. The maximum atomic E-state index is 12.9. The maximum absolute atomic E-state index is 12.9. The van der Waals surface area contributed by atoms with E-state index in [-0.39, 0.29) is 42.5 Å². The highest BCUT2D eigenvalue weighted by molar-refractivity contribution is 9.10. The molecule has 10 heteroatoms. The molecule has 2 saturated heterocycles. The first kappa shape index (κ1) is 24.8. The van der Waals surface area contributed by atoms with E-state index in [1.54, 1.807) is 12.1 Å². The molecule has 2 fully saturated rings. The largest absolute Gasteiger partial charge is 0.573 e. The molecule has 2 heterocycles. The average molecular weight is 496 g/mol. The molecule has 4 nitrogen and oxygen atoms in total. The number of piperazine rings is 1. The van der Waals surface area contributed by atoms with E-state index in [2.05, 4.69) is 30.9 Å². The van der Waals surface area contributed by atoms with E-state index in [9.17, 15) is 13.2 Å². The van der Waals surface area contributed by atoms with Gasteiger partial charge in [-0.3, -0.25) is 4.90 Å². The number of nitrogens with zero attached hydrogens (tertiary/aromatic N) is 1. The molecule has 3 rings (SSSR count). The van der Waals surface area contributed by atoms with Crippen LogP contribution in [0.3, 0.4) is 0 Å². The molecule has 1 N–H and O–H groups in total. The molecule has 0 radical (unpaired) electrons. The van der Waals surface area contributed by atoms with Crippen molar-refractivity contribution in [1.82, 2.24) is 10.2 Å². The molecule has 0 unspecified atom stereocenters. The highest BCUT2D eigenvalue weighted by Crippen LogP contribution is 2.42. The topological polar surface area (TPSA) is 33.7 Å². The van der Waals surface area contributed by atoms with Gasteiger partial charge in [-0.1, -0.05) is 15.9 Å². The molecule has 1 atom stereocenters. The molecule has 2 aliphatic rings. The SMILES string of the molecule is Cl.Cl.FC(F)(F)Oc1ccc(Br)cc1[C@@H](C1CCOCC1)N1CCNCC1. The monoisotopic (exact) mass is 494 g/mol. The summed E-state index contributed by atoms with van der Waals surface area (Å²) >= 11 is 3.40. The molecule has 1 aromatic rings. The Kier molecular flexibility index (Phi) is 10.2. The van der Waals surface area contributed by atoms with Crippen LogP contribution in [0.1, 0.15) is 24.4 Å². The van der Waals surface area contributed by atoms with Crippen LogP contribution in [-0.4, -0.2) is 50.7 Å². The van der Waals surface area contributed by atoms with Crippen molar-refractivity contribution in [2.24, 2.45) is 5.92 Å². The summed E-state index contributed by atoms with van der Waals surface area (Å²) in [7, 11) is 0. The van der Waals surface area contributed by atoms with Gasteiger partial charge in [0.1, 0.15) is 5.75 Å². The van der Waals surface area contributed by atoms with Crippen molar-refractivity contribution in [2.75, 3.05) is 39.4 Å². The minimum absolute atomic E-state index is 0. The smallest absolute Gasteiger partial charge is 0.405 e. The van der Waals surface area contributed by atoms with E-state index in [4.69, 9.17) is 4.74 Å². The molecule has 0 aliphatic carbocycles. The van der Waals surface area contributed by atoms with Gasteiger partial charge in [0.25, 0.3) is 0 Å². The summed E-state index contributed by atoms with van der Waals surface area (Å²) in [6, 6.07) is 4.65. The summed E-state index contributed by atoms with van der Waals surface area (Å²) in [5.41, 5.74) is 0.598. The van der Waals surface area contributed by atoms with Crippen LogP contribution >= 0.6 is 40.7 Å². The van der Waals surface area contributed by atoms with Crippen molar-refractivity contribution in [3.8, 4) is 5.75 Å². The Bertz CT molecular complexity index is 566. The number of ether oxygens (including phenoxy) is 2. The second-order valence-corrected chi connectivity index (χ2v) is 7.33. The quantitative estimate of drug-likeness (QED) is 0.663. The van der Waals surface area contributed by atoms with Crippen molar-refractivity contribution in [1.29, 1.82) is 0 Å². The van der Waals surface area contributed by atoms with Crippen LogP contribution in [-0.2, 0) is 4.74 Å². The van der Waals surface area contributed by atoms with E-state index in [1.807, 2.05) is 0 Å². The summed E-state index contributed by atoms with van der Waals surface area (Å²) in [5.74, 6) is 0.141. The van der Waals surface area contributed by atoms with Crippen molar-refractivity contribution in [3.05, 3.63) is 28.2 Å². The molecule has 2 aliphatic heterocycles. The van der Waals surface area contributed by atoms with Crippen LogP contribution in [0.25, 0.3) is 0 Å². The van der Waals surface area contributed by atoms with Crippen LogP contribution in [0.2, 0.25) is 0 Å². The van der Waals surface area contributed by atoms with Crippen molar-refractivity contribution in [2.45, 2.75) is 25.2 Å². The number of alkyl halides is 3. The van der Waals surface area contributed by atoms with E-state index in [0.29, 0.717) is 18.8 Å². The number of benzene rings is 1. The molecule has 0 aromatic heterocycles. The number of hydrogen-bond donors (Lipinski definition) is 1.